The largest absolute Gasteiger partial charge is 0.387 e. The first kappa shape index (κ1) is 31.0. The molecule has 0 aromatic carbocycles. The van der Waals surface area contributed by atoms with Crippen LogP contribution in [0.15, 0.2) is 23.8 Å². The van der Waals surface area contributed by atoms with Crippen molar-refractivity contribution in [2.75, 3.05) is 24.7 Å². The van der Waals surface area contributed by atoms with Gasteiger partial charge in [-0.2, -0.15) is 4.98 Å². The first-order chi connectivity index (χ1) is 21.3. The Labute approximate surface area is 260 Å². The molecule has 7 N–H and O–H groups in total. The summed E-state index contributed by atoms with van der Waals surface area (Å²) in [7, 11) is 0. The summed E-state index contributed by atoms with van der Waals surface area (Å²) in [5, 5.41) is 11.1. The van der Waals surface area contributed by atoms with E-state index in [1.807, 2.05) is 0 Å². The molecule has 25 heteroatoms. The number of nitrogens with zero attached hydrogens (tertiary/aromatic N) is 7. The maximum Gasteiger partial charge on any atom is 0.386 e. The van der Waals surface area contributed by atoms with Crippen LogP contribution in [0.5, 0.6) is 0 Å². The number of imidazole rings is 2. The van der Waals surface area contributed by atoms with Gasteiger partial charge in [-0.1, -0.05) is 12.2 Å². The summed E-state index contributed by atoms with van der Waals surface area (Å²) >= 11 is 9.20. The molecule has 7 heterocycles. The molecule has 4 aromatic heterocycles. The Morgan fingerprint density at radius 2 is 1.69 bits per heavy atom. The Morgan fingerprint density at radius 1 is 1.00 bits per heavy atom. The maximum atomic E-state index is 16.0. The summed E-state index contributed by atoms with van der Waals surface area (Å²) < 4.78 is 65.9. The third-order valence-corrected chi connectivity index (χ3v) is 10.5. The van der Waals surface area contributed by atoms with Crippen LogP contribution in [0.1, 0.15) is 12.5 Å². The Kier molecular flexibility index (Phi) is 7.74. The van der Waals surface area contributed by atoms with Crippen LogP contribution in [0.2, 0.25) is 0 Å². The molecule has 45 heavy (non-hydrogen) atoms. The van der Waals surface area contributed by atoms with E-state index in [9.17, 15) is 19.4 Å². The van der Waals surface area contributed by atoms with E-state index in [-0.39, 0.29) is 34.1 Å². The van der Waals surface area contributed by atoms with E-state index >= 15 is 4.39 Å². The summed E-state index contributed by atoms with van der Waals surface area (Å²) in [5.74, 6) is -0.183. The minimum atomic E-state index is -4.41. The van der Waals surface area contributed by atoms with E-state index in [0.29, 0.717) is 0 Å². The van der Waals surface area contributed by atoms with Crippen molar-refractivity contribution in [2.45, 2.75) is 49.1 Å². The number of aromatic nitrogens is 8. The van der Waals surface area contributed by atoms with Gasteiger partial charge in [0.2, 0.25) is 5.95 Å². The smallest absolute Gasteiger partial charge is 0.386 e. The van der Waals surface area contributed by atoms with Crippen LogP contribution in [-0.2, 0) is 43.9 Å². The van der Waals surface area contributed by atoms with Crippen LogP contribution in [0.4, 0.5) is 16.2 Å². The van der Waals surface area contributed by atoms with Crippen molar-refractivity contribution >= 4 is 71.7 Å². The molecule has 242 valence electrons. The van der Waals surface area contributed by atoms with Crippen molar-refractivity contribution in [3.05, 3.63) is 29.3 Å². The van der Waals surface area contributed by atoms with Gasteiger partial charge in [-0.15, -0.1) is 0 Å². The molecule has 0 amide bonds. The Bertz CT molecular complexity index is 1950. The SMILES string of the molecule is Nc1nc2c(ncn2[C@@H]2OC3COP(O)(=S)O[C@@H]4C(COP(=O)(S)O[C@@H]2[C@@H]3O)O[C@@H](n2cnc3c(N)ncnc32)[C@@H]4F)c(=O)[nH]1. The Morgan fingerprint density at radius 3 is 2.47 bits per heavy atom. The fourth-order valence-corrected chi connectivity index (χ4v) is 8.16. The molecular weight excluding hydrogens is 685 g/mol. The average Bonchev–Trinajstić information content (AvgIpc) is 3.72. The molecular formula is C20H23FN10O10P2S2. The van der Waals surface area contributed by atoms with Gasteiger partial charge >= 0.3 is 13.5 Å². The number of nitrogens with two attached hydrogens (primary N) is 2. The van der Waals surface area contributed by atoms with E-state index in [2.05, 4.69) is 42.2 Å². The first-order valence-corrected chi connectivity index (χ1v) is 18.2. The number of H-pyrrole nitrogens is 1. The second-order valence-corrected chi connectivity index (χ2v) is 15.8. The van der Waals surface area contributed by atoms with E-state index < -0.39 is 81.4 Å². The number of ether oxygens (including phenoxy) is 2. The summed E-state index contributed by atoms with van der Waals surface area (Å²) in [6, 6.07) is 0. The standard InChI is InChI=1S/C20H23FN10O10P2S2/c21-8-12-7(39-18(8)30-4-26-9-14(22)24-3-25-15(9)30)2-37-43(35,45)41-13-11(32)6(1-36-42(34,44)40-12)38-19(13)31-5-27-10-16(31)28-20(23)29-17(10)33/h3-8,11-13,18-19,32H,1-2H2,(H,34,44)(H,35,45)(H2,22,24,25)(H3,23,28,29,33)/t6?,7?,8-,11-,12-,13-,18-,19-,42?,43?/m1/s1. The van der Waals surface area contributed by atoms with Crippen LogP contribution in [-0.4, -0.2) is 98.9 Å². The highest BCUT2D eigenvalue weighted by molar-refractivity contribution is 8.44. The van der Waals surface area contributed by atoms with Gasteiger partial charge in [-0.05, 0) is 11.8 Å². The highest BCUT2D eigenvalue weighted by Gasteiger charge is 2.53. The molecule has 4 unspecified atom stereocenters. The average molecular weight is 709 g/mol. The third kappa shape index (κ3) is 5.55. The van der Waals surface area contributed by atoms with Crippen LogP contribution in [0.3, 0.4) is 0 Å². The minimum absolute atomic E-state index is 0.0449. The molecule has 3 saturated heterocycles. The predicted octanol–water partition coefficient (Wildman–Crippen LogP) is -0.310. The van der Waals surface area contributed by atoms with Gasteiger partial charge in [0.05, 0.1) is 25.9 Å². The summed E-state index contributed by atoms with van der Waals surface area (Å²) in [6.45, 7) is -9.92. The molecule has 0 saturated carbocycles. The van der Waals surface area contributed by atoms with Crippen molar-refractivity contribution in [3.63, 3.8) is 0 Å². The lowest BCUT2D eigenvalue weighted by Crippen LogP contribution is -2.35. The van der Waals surface area contributed by atoms with Crippen molar-refractivity contribution in [1.29, 1.82) is 0 Å². The number of aromatic amines is 1. The van der Waals surface area contributed by atoms with Crippen molar-refractivity contribution in [3.8, 4) is 0 Å². The first-order valence-electron chi connectivity index (χ1n) is 12.9. The molecule has 3 aliphatic rings. The number of hydrogen-bond acceptors (Lipinski definition) is 17. The third-order valence-electron chi connectivity index (χ3n) is 7.28. The van der Waals surface area contributed by atoms with E-state index in [4.69, 9.17) is 50.8 Å². The fraction of sp³-hybridized carbons (Fsp3) is 0.500. The van der Waals surface area contributed by atoms with Gasteiger partial charge in [0.15, 0.2) is 41.3 Å². The molecule has 10 atom stereocenters. The monoisotopic (exact) mass is 708 g/mol. The molecule has 0 aliphatic carbocycles. The van der Waals surface area contributed by atoms with Gasteiger partial charge in [-0.3, -0.25) is 32.5 Å². The quantitative estimate of drug-likeness (QED) is 0.115. The van der Waals surface area contributed by atoms with Gasteiger partial charge in [0, 0.05) is 0 Å². The van der Waals surface area contributed by atoms with Crippen LogP contribution < -0.4 is 17.0 Å². The Hall–Kier alpha value is -2.66. The number of hydrogen-bond donors (Lipinski definition) is 6. The molecule has 7 rings (SSSR count). The zero-order valence-corrected chi connectivity index (χ0v) is 25.8. The van der Waals surface area contributed by atoms with E-state index in [1.54, 1.807) is 0 Å². The van der Waals surface area contributed by atoms with Gasteiger partial charge in [0.25, 0.3) is 5.56 Å². The lowest BCUT2D eigenvalue weighted by Gasteiger charge is -2.27. The van der Waals surface area contributed by atoms with Gasteiger partial charge in [-0.25, -0.2) is 28.9 Å². The Balaban J connectivity index is 1.21. The van der Waals surface area contributed by atoms with Crippen molar-refractivity contribution < 1.29 is 46.5 Å². The number of anilines is 2. The van der Waals surface area contributed by atoms with Crippen LogP contribution >= 0.6 is 25.8 Å². The lowest BCUT2D eigenvalue weighted by atomic mass is 10.1. The molecule has 3 aliphatic heterocycles. The topological polar surface area (TPSA) is 272 Å². The zero-order chi connectivity index (χ0) is 31.8. The summed E-state index contributed by atoms with van der Waals surface area (Å²) in [6.07, 6.45) is -8.57. The van der Waals surface area contributed by atoms with E-state index in [1.165, 1.54) is 21.8 Å². The molecule has 3 fully saturated rings. The number of thiol groups is 1. The molecule has 20 nitrogen and oxygen atoms in total. The molecule has 4 aromatic rings. The molecule has 2 bridgehead atoms. The molecule has 0 spiro atoms. The summed E-state index contributed by atoms with van der Waals surface area (Å²) in [4.78, 5) is 45.7. The minimum Gasteiger partial charge on any atom is -0.387 e. The zero-order valence-electron chi connectivity index (χ0n) is 22.3. The highest BCUT2D eigenvalue weighted by atomic mass is 32.7. The summed E-state index contributed by atoms with van der Waals surface area (Å²) in [5.41, 5.74) is 11.1. The number of aliphatic hydroxyl groups excluding tert-OH is 1. The number of nitrogens with one attached hydrogen (secondary N) is 1. The lowest BCUT2D eigenvalue weighted by molar-refractivity contribution is -0.0584. The number of nitrogen functional groups attached to an aromatic ring is 2. The second kappa shape index (κ2) is 11.2. The van der Waals surface area contributed by atoms with Crippen molar-refractivity contribution in [1.82, 2.24) is 39.0 Å². The highest BCUT2D eigenvalue weighted by Crippen LogP contribution is 2.58. The predicted molar refractivity (Wildman–Crippen MR) is 156 cm³/mol. The number of alkyl halides is 1. The number of aliphatic hydroxyl groups is 1. The van der Waals surface area contributed by atoms with Crippen molar-refractivity contribution in [2.24, 2.45) is 0 Å². The maximum absolute atomic E-state index is 16.0. The number of fused-ring (bicyclic) bond motifs is 5. The van der Waals surface area contributed by atoms with E-state index in [0.717, 1.165) is 6.33 Å². The normalized spacial score (nSPS) is 37.7. The van der Waals surface area contributed by atoms with Crippen LogP contribution in [0, 0.1) is 0 Å². The number of rotatable bonds is 2. The number of halogens is 1. The van der Waals surface area contributed by atoms with Gasteiger partial charge in [0.1, 0.15) is 42.4 Å². The van der Waals surface area contributed by atoms with Gasteiger partial charge < -0.3 is 35.5 Å². The van der Waals surface area contributed by atoms with Crippen LogP contribution in [0.25, 0.3) is 22.3 Å². The second-order valence-electron chi connectivity index (χ2n) is 10.1. The fourth-order valence-electron chi connectivity index (χ4n) is 5.26. The molecule has 0 radical (unpaired) electrons.